The SMILES string of the molecule is CCC(CCN(C)N)N(C)C. The summed E-state index contributed by atoms with van der Waals surface area (Å²) in [5.74, 6) is 5.51. The molecule has 0 spiro atoms. The number of rotatable bonds is 5. The van der Waals surface area contributed by atoms with Crippen LogP contribution in [0.2, 0.25) is 0 Å². The molecule has 0 aromatic heterocycles. The molecule has 0 aliphatic heterocycles. The minimum absolute atomic E-state index is 0.668. The first kappa shape index (κ1) is 10.9. The predicted molar refractivity (Wildman–Crippen MR) is 49.2 cm³/mol. The van der Waals surface area contributed by atoms with Crippen LogP contribution < -0.4 is 5.84 Å². The standard InChI is InChI=1S/C8H21N3/c1-5-8(10(2)3)6-7-11(4)9/h8H,5-7,9H2,1-4H3. The van der Waals surface area contributed by atoms with Crippen molar-refractivity contribution in [3.63, 3.8) is 0 Å². The zero-order valence-electron chi connectivity index (χ0n) is 8.17. The lowest BCUT2D eigenvalue weighted by atomic mass is 10.1. The zero-order chi connectivity index (χ0) is 8.85. The van der Waals surface area contributed by atoms with E-state index in [0.717, 1.165) is 13.0 Å². The van der Waals surface area contributed by atoms with Crippen molar-refractivity contribution in [2.45, 2.75) is 25.8 Å². The summed E-state index contributed by atoms with van der Waals surface area (Å²) in [7, 11) is 6.14. The van der Waals surface area contributed by atoms with Gasteiger partial charge in [0, 0.05) is 19.6 Å². The molecule has 1 atom stereocenters. The number of hydrogen-bond acceptors (Lipinski definition) is 3. The lowest BCUT2D eigenvalue weighted by molar-refractivity contribution is 0.233. The second-order valence-electron chi connectivity index (χ2n) is 3.29. The van der Waals surface area contributed by atoms with Crippen molar-refractivity contribution in [1.82, 2.24) is 9.91 Å². The quantitative estimate of drug-likeness (QED) is 0.469. The molecule has 0 radical (unpaired) electrons. The molecule has 68 valence electrons. The van der Waals surface area contributed by atoms with Crippen LogP contribution in [0, 0.1) is 0 Å². The van der Waals surface area contributed by atoms with E-state index in [1.54, 1.807) is 5.01 Å². The third-order valence-electron chi connectivity index (χ3n) is 2.02. The molecule has 0 aromatic carbocycles. The highest BCUT2D eigenvalue weighted by Crippen LogP contribution is 2.03. The van der Waals surface area contributed by atoms with Crippen LogP contribution in [0.25, 0.3) is 0 Å². The molecule has 11 heavy (non-hydrogen) atoms. The lowest BCUT2D eigenvalue weighted by Crippen LogP contribution is -2.34. The molecule has 0 bridgehead atoms. The molecule has 2 N–H and O–H groups in total. The Bertz CT molecular complexity index is 91.3. The van der Waals surface area contributed by atoms with Crippen LogP contribution in [0.4, 0.5) is 0 Å². The normalized spacial score (nSPS) is 14.5. The summed E-state index contributed by atoms with van der Waals surface area (Å²) in [5, 5.41) is 1.74. The summed E-state index contributed by atoms with van der Waals surface area (Å²) in [6, 6.07) is 0.668. The Morgan fingerprint density at radius 1 is 1.27 bits per heavy atom. The first-order valence-corrected chi connectivity index (χ1v) is 4.20. The largest absolute Gasteiger partial charge is 0.306 e. The second-order valence-corrected chi connectivity index (χ2v) is 3.29. The zero-order valence-corrected chi connectivity index (χ0v) is 8.17. The van der Waals surface area contributed by atoms with Gasteiger partial charge in [-0.2, -0.15) is 0 Å². The van der Waals surface area contributed by atoms with Gasteiger partial charge in [-0.05, 0) is 26.9 Å². The fourth-order valence-electron chi connectivity index (χ4n) is 1.18. The van der Waals surface area contributed by atoms with Crippen LogP contribution in [0.15, 0.2) is 0 Å². The van der Waals surface area contributed by atoms with E-state index in [4.69, 9.17) is 5.84 Å². The van der Waals surface area contributed by atoms with Crippen molar-refractivity contribution in [2.75, 3.05) is 27.7 Å². The molecular weight excluding hydrogens is 138 g/mol. The molecule has 0 saturated heterocycles. The fraction of sp³-hybridized carbons (Fsp3) is 1.00. The first-order valence-electron chi connectivity index (χ1n) is 4.20. The van der Waals surface area contributed by atoms with Crippen molar-refractivity contribution < 1.29 is 0 Å². The van der Waals surface area contributed by atoms with Gasteiger partial charge in [-0.25, -0.2) is 0 Å². The third-order valence-corrected chi connectivity index (χ3v) is 2.02. The summed E-state index contributed by atoms with van der Waals surface area (Å²) in [6.45, 7) is 3.18. The van der Waals surface area contributed by atoms with E-state index in [2.05, 4.69) is 25.9 Å². The number of nitrogens with zero attached hydrogens (tertiary/aromatic N) is 2. The van der Waals surface area contributed by atoms with E-state index in [1.807, 2.05) is 7.05 Å². The van der Waals surface area contributed by atoms with Gasteiger partial charge in [0.15, 0.2) is 0 Å². The van der Waals surface area contributed by atoms with Gasteiger partial charge in [0.25, 0.3) is 0 Å². The van der Waals surface area contributed by atoms with Gasteiger partial charge in [-0.3, -0.25) is 10.9 Å². The maximum atomic E-state index is 5.51. The van der Waals surface area contributed by atoms with E-state index in [9.17, 15) is 0 Å². The van der Waals surface area contributed by atoms with Crippen molar-refractivity contribution in [1.29, 1.82) is 0 Å². The molecule has 0 fully saturated rings. The van der Waals surface area contributed by atoms with Crippen LogP contribution in [-0.2, 0) is 0 Å². The Morgan fingerprint density at radius 2 is 1.82 bits per heavy atom. The molecule has 0 aliphatic rings. The van der Waals surface area contributed by atoms with Crippen LogP contribution in [0.1, 0.15) is 19.8 Å². The van der Waals surface area contributed by atoms with Crippen molar-refractivity contribution in [2.24, 2.45) is 5.84 Å². The summed E-state index contributed by atoms with van der Waals surface area (Å²) in [4.78, 5) is 2.25. The van der Waals surface area contributed by atoms with Gasteiger partial charge in [0.1, 0.15) is 0 Å². The average Bonchev–Trinajstić information content (AvgIpc) is 1.87. The lowest BCUT2D eigenvalue weighted by Gasteiger charge is -2.23. The van der Waals surface area contributed by atoms with Crippen LogP contribution in [-0.4, -0.2) is 43.6 Å². The van der Waals surface area contributed by atoms with E-state index < -0.39 is 0 Å². The van der Waals surface area contributed by atoms with E-state index in [-0.39, 0.29) is 0 Å². The summed E-state index contributed by atoms with van der Waals surface area (Å²) in [6.07, 6.45) is 2.34. The molecule has 3 heteroatoms. The second kappa shape index (κ2) is 5.52. The van der Waals surface area contributed by atoms with Crippen LogP contribution in [0.3, 0.4) is 0 Å². The Hall–Kier alpha value is -0.120. The molecule has 1 unspecified atom stereocenters. The molecule has 0 amide bonds. The Balaban J connectivity index is 3.52. The minimum Gasteiger partial charge on any atom is -0.306 e. The molecular formula is C8H21N3. The Kier molecular flexibility index (Phi) is 5.46. The minimum atomic E-state index is 0.668. The monoisotopic (exact) mass is 159 g/mol. The molecule has 3 nitrogen and oxygen atoms in total. The van der Waals surface area contributed by atoms with Crippen LogP contribution in [0.5, 0.6) is 0 Å². The fourth-order valence-corrected chi connectivity index (χ4v) is 1.18. The molecule has 0 saturated carbocycles. The number of hydrazine groups is 1. The van der Waals surface area contributed by atoms with Crippen molar-refractivity contribution in [3.8, 4) is 0 Å². The third kappa shape index (κ3) is 5.18. The molecule has 0 aromatic rings. The maximum absolute atomic E-state index is 5.51. The summed E-state index contributed by atoms with van der Waals surface area (Å²) >= 11 is 0. The smallest absolute Gasteiger partial charge is 0.0140 e. The van der Waals surface area contributed by atoms with E-state index >= 15 is 0 Å². The Morgan fingerprint density at radius 3 is 2.09 bits per heavy atom. The van der Waals surface area contributed by atoms with Gasteiger partial charge >= 0.3 is 0 Å². The van der Waals surface area contributed by atoms with Gasteiger partial charge < -0.3 is 4.90 Å². The molecule has 0 rings (SSSR count). The summed E-state index contributed by atoms with van der Waals surface area (Å²) < 4.78 is 0. The van der Waals surface area contributed by atoms with E-state index in [0.29, 0.717) is 6.04 Å². The number of hydrogen-bond donors (Lipinski definition) is 1. The maximum Gasteiger partial charge on any atom is 0.0140 e. The van der Waals surface area contributed by atoms with Gasteiger partial charge in [0.2, 0.25) is 0 Å². The van der Waals surface area contributed by atoms with Crippen LogP contribution >= 0.6 is 0 Å². The van der Waals surface area contributed by atoms with E-state index in [1.165, 1.54) is 6.42 Å². The molecule has 0 aliphatic carbocycles. The number of nitrogens with two attached hydrogens (primary N) is 1. The Labute approximate surface area is 70.1 Å². The topological polar surface area (TPSA) is 32.5 Å². The highest BCUT2D eigenvalue weighted by atomic mass is 15.4. The average molecular weight is 159 g/mol. The van der Waals surface area contributed by atoms with Crippen molar-refractivity contribution >= 4 is 0 Å². The first-order chi connectivity index (χ1) is 5.07. The molecule has 0 heterocycles. The van der Waals surface area contributed by atoms with Gasteiger partial charge in [-0.15, -0.1) is 0 Å². The highest BCUT2D eigenvalue weighted by Gasteiger charge is 2.07. The summed E-state index contributed by atoms with van der Waals surface area (Å²) in [5.41, 5.74) is 0. The van der Waals surface area contributed by atoms with Crippen molar-refractivity contribution in [3.05, 3.63) is 0 Å². The highest BCUT2D eigenvalue weighted by molar-refractivity contribution is 4.64. The van der Waals surface area contributed by atoms with Gasteiger partial charge in [-0.1, -0.05) is 6.92 Å². The predicted octanol–water partition coefficient (Wildman–Crippen LogP) is 0.522. The van der Waals surface area contributed by atoms with Gasteiger partial charge in [0.05, 0.1) is 0 Å².